The molecule has 202 valence electrons. The molecule has 10 nitrogen and oxygen atoms in total. The van der Waals surface area contributed by atoms with Crippen molar-refractivity contribution in [3.05, 3.63) is 41.1 Å². The lowest BCUT2D eigenvalue weighted by Crippen LogP contribution is -2.42. The third kappa shape index (κ3) is 4.21. The molecule has 5 atom stereocenters. The largest absolute Gasteiger partial charge is 0.349 e. The van der Waals surface area contributed by atoms with Crippen molar-refractivity contribution < 1.29 is 27.4 Å². The summed E-state index contributed by atoms with van der Waals surface area (Å²) < 4.78 is 47.5. The van der Waals surface area contributed by atoms with E-state index in [-0.39, 0.29) is 61.6 Å². The van der Waals surface area contributed by atoms with Crippen molar-refractivity contribution >= 4 is 17.5 Å². The Morgan fingerprint density at radius 3 is 2.58 bits per heavy atom. The number of hydrogen-bond acceptors (Lipinski definition) is 7. The van der Waals surface area contributed by atoms with Crippen molar-refractivity contribution in [2.75, 3.05) is 0 Å². The Balaban J connectivity index is 1.23. The van der Waals surface area contributed by atoms with Gasteiger partial charge in [-0.15, -0.1) is 0 Å². The van der Waals surface area contributed by atoms with Crippen molar-refractivity contribution in [1.82, 2.24) is 35.5 Å². The Bertz CT molecular complexity index is 1400. The fourth-order valence-electron chi connectivity index (χ4n) is 5.92. The standard InChI is InChI=1S/C25H28F3N7O3/c1-12(30-23(37)24-8-16(24)17(26)9-24)15-7-19-31-18(11-35(19)29-10-15)21(14-3-5-25(27,28)6-4-14)32-22(36)20-13(2)33-38-34-20/h7,10-12,14,16-17,21H,3-6,8-9H2,1-2H3,(H,30,37)(H,32,36)/t12-,16-,17+,21+,24-/m1/s1. The van der Waals surface area contributed by atoms with Crippen LogP contribution in [0.4, 0.5) is 13.2 Å². The van der Waals surface area contributed by atoms with Crippen LogP contribution < -0.4 is 10.6 Å². The van der Waals surface area contributed by atoms with E-state index in [1.165, 1.54) is 0 Å². The number of hydrogen-bond donors (Lipinski definition) is 2. The maximum absolute atomic E-state index is 13.9. The SMILES string of the molecule is Cc1nonc1C(=O)N[C@H](c1cn2ncc([C@@H](C)NC(=O)[C@@]34C[C@@H]3[C@@H](F)C4)cc2n1)C1CCC(F)(F)CC1. The smallest absolute Gasteiger partial charge is 0.276 e. The van der Waals surface area contributed by atoms with Crippen LogP contribution in [-0.2, 0) is 4.79 Å². The number of amides is 2. The van der Waals surface area contributed by atoms with E-state index >= 15 is 0 Å². The van der Waals surface area contributed by atoms with E-state index in [0.29, 0.717) is 23.5 Å². The Hall–Kier alpha value is -3.51. The van der Waals surface area contributed by atoms with Gasteiger partial charge in [0.2, 0.25) is 11.8 Å². The van der Waals surface area contributed by atoms with Gasteiger partial charge in [-0.05, 0) is 62.2 Å². The molecule has 2 N–H and O–H groups in total. The van der Waals surface area contributed by atoms with Crippen molar-refractivity contribution in [2.24, 2.45) is 17.3 Å². The molecule has 0 aromatic carbocycles. The molecular weight excluding hydrogens is 503 g/mol. The molecule has 3 aromatic heterocycles. The summed E-state index contributed by atoms with van der Waals surface area (Å²) >= 11 is 0. The Morgan fingerprint density at radius 2 is 1.95 bits per heavy atom. The van der Waals surface area contributed by atoms with Gasteiger partial charge in [0, 0.05) is 18.8 Å². The quantitative estimate of drug-likeness (QED) is 0.477. The summed E-state index contributed by atoms with van der Waals surface area (Å²) in [6.07, 6.45) is 3.16. The zero-order chi connectivity index (χ0) is 26.8. The average molecular weight is 532 g/mol. The molecule has 0 saturated heterocycles. The fraction of sp³-hybridized carbons (Fsp3) is 0.600. The van der Waals surface area contributed by atoms with Gasteiger partial charge in [0.25, 0.3) is 5.91 Å². The van der Waals surface area contributed by atoms with E-state index in [9.17, 15) is 22.8 Å². The van der Waals surface area contributed by atoms with Crippen LogP contribution in [0.3, 0.4) is 0 Å². The van der Waals surface area contributed by atoms with E-state index in [1.54, 1.807) is 29.9 Å². The monoisotopic (exact) mass is 531 g/mol. The number of carbonyl (C=O) groups is 2. The number of aromatic nitrogens is 5. The first kappa shape index (κ1) is 24.8. The second-order valence-corrected chi connectivity index (χ2v) is 11.0. The number of alkyl halides is 3. The number of nitrogens with one attached hydrogen (secondary N) is 2. The van der Waals surface area contributed by atoms with Crippen LogP contribution in [0.1, 0.15) is 85.0 Å². The number of nitrogens with zero attached hydrogens (tertiary/aromatic N) is 5. The van der Waals surface area contributed by atoms with E-state index < -0.39 is 29.5 Å². The van der Waals surface area contributed by atoms with Crippen LogP contribution in [0.5, 0.6) is 0 Å². The van der Waals surface area contributed by atoms with Gasteiger partial charge >= 0.3 is 0 Å². The lowest BCUT2D eigenvalue weighted by molar-refractivity contribution is -0.131. The van der Waals surface area contributed by atoms with Gasteiger partial charge in [-0.25, -0.2) is 27.3 Å². The summed E-state index contributed by atoms with van der Waals surface area (Å²) in [5, 5.41) is 17.6. The van der Waals surface area contributed by atoms with Gasteiger partial charge in [-0.1, -0.05) is 5.16 Å². The number of rotatable bonds is 7. The van der Waals surface area contributed by atoms with E-state index in [2.05, 4.69) is 35.7 Å². The molecule has 0 unspecified atom stereocenters. The van der Waals surface area contributed by atoms with Crippen LogP contribution in [-0.4, -0.2) is 48.8 Å². The zero-order valence-electron chi connectivity index (χ0n) is 21.0. The highest BCUT2D eigenvalue weighted by Crippen LogP contribution is 2.68. The molecule has 0 aliphatic heterocycles. The first-order chi connectivity index (χ1) is 18.1. The average Bonchev–Trinajstić information content (AvgIpc) is 3.14. The van der Waals surface area contributed by atoms with Gasteiger partial charge in [-0.3, -0.25) is 9.59 Å². The van der Waals surface area contributed by atoms with E-state index in [4.69, 9.17) is 0 Å². The summed E-state index contributed by atoms with van der Waals surface area (Å²) in [5.41, 5.74) is 1.46. The third-order valence-corrected chi connectivity index (χ3v) is 8.50. The van der Waals surface area contributed by atoms with Crippen molar-refractivity contribution in [1.29, 1.82) is 0 Å². The summed E-state index contributed by atoms with van der Waals surface area (Å²) in [6.45, 7) is 3.41. The van der Waals surface area contributed by atoms with Gasteiger partial charge in [0.05, 0.1) is 35.6 Å². The van der Waals surface area contributed by atoms with Gasteiger partial charge in [-0.2, -0.15) is 5.10 Å². The van der Waals surface area contributed by atoms with Crippen molar-refractivity contribution in [3.8, 4) is 0 Å². The van der Waals surface area contributed by atoms with E-state index in [0.717, 1.165) is 5.56 Å². The molecule has 3 saturated carbocycles. The van der Waals surface area contributed by atoms with Crippen molar-refractivity contribution in [3.63, 3.8) is 0 Å². The molecule has 3 aliphatic rings. The molecule has 38 heavy (non-hydrogen) atoms. The highest BCUT2D eigenvalue weighted by Gasteiger charge is 2.72. The molecule has 3 aliphatic carbocycles. The predicted octanol–water partition coefficient (Wildman–Crippen LogP) is 3.64. The highest BCUT2D eigenvalue weighted by atomic mass is 19.3. The fourth-order valence-corrected chi connectivity index (χ4v) is 5.92. The predicted molar refractivity (Wildman–Crippen MR) is 126 cm³/mol. The lowest BCUT2D eigenvalue weighted by atomic mass is 9.81. The molecule has 3 heterocycles. The number of aryl methyl sites for hydroxylation is 1. The zero-order valence-corrected chi connectivity index (χ0v) is 21.0. The molecule has 6 rings (SSSR count). The van der Waals surface area contributed by atoms with Crippen LogP contribution in [0.25, 0.3) is 5.65 Å². The molecule has 13 heteroatoms. The molecule has 0 spiro atoms. The first-order valence-corrected chi connectivity index (χ1v) is 12.8. The van der Waals surface area contributed by atoms with Gasteiger partial charge < -0.3 is 10.6 Å². The lowest BCUT2D eigenvalue weighted by Gasteiger charge is -2.33. The maximum Gasteiger partial charge on any atom is 0.276 e. The summed E-state index contributed by atoms with van der Waals surface area (Å²) in [6, 6.07) is 0.755. The molecular formula is C25H28F3N7O3. The van der Waals surface area contributed by atoms with Gasteiger partial charge in [0.1, 0.15) is 11.9 Å². The molecule has 3 fully saturated rings. The topological polar surface area (TPSA) is 127 Å². The minimum absolute atomic E-state index is 0.0211. The minimum Gasteiger partial charge on any atom is -0.349 e. The van der Waals surface area contributed by atoms with E-state index in [1.807, 2.05) is 6.92 Å². The van der Waals surface area contributed by atoms with Gasteiger partial charge in [0.15, 0.2) is 11.3 Å². The van der Waals surface area contributed by atoms with Crippen LogP contribution >= 0.6 is 0 Å². The number of halogens is 3. The van der Waals surface area contributed by atoms with Crippen molar-refractivity contribution in [2.45, 2.75) is 76.6 Å². The van der Waals surface area contributed by atoms with Crippen LogP contribution in [0.2, 0.25) is 0 Å². The molecule has 0 bridgehead atoms. The Labute approximate surface area is 215 Å². The summed E-state index contributed by atoms with van der Waals surface area (Å²) in [4.78, 5) is 30.3. The minimum atomic E-state index is -2.72. The summed E-state index contributed by atoms with van der Waals surface area (Å²) in [5.74, 6) is -3.82. The normalized spacial score (nSPS) is 27.7. The molecule has 3 aromatic rings. The Kier molecular flexibility index (Phi) is 5.72. The summed E-state index contributed by atoms with van der Waals surface area (Å²) in [7, 11) is 0. The highest BCUT2D eigenvalue weighted by molar-refractivity contribution is 5.93. The molecule has 0 radical (unpaired) electrons. The van der Waals surface area contributed by atoms with Crippen LogP contribution in [0.15, 0.2) is 23.1 Å². The number of imidazole rings is 1. The number of fused-ring (bicyclic) bond motifs is 2. The maximum atomic E-state index is 13.9. The third-order valence-electron chi connectivity index (χ3n) is 8.50. The molecule has 2 amide bonds. The second-order valence-electron chi connectivity index (χ2n) is 11.0. The van der Waals surface area contributed by atoms with Crippen LogP contribution in [0, 0.1) is 24.2 Å². The first-order valence-electron chi connectivity index (χ1n) is 12.8. The Morgan fingerprint density at radius 1 is 1.18 bits per heavy atom. The second kappa shape index (κ2) is 8.77. The number of carbonyl (C=O) groups excluding carboxylic acids is 2.